The molecule has 0 saturated carbocycles. The molecule has 8 heteroatoms. The molecule has 1 aliphatic rings. The molecule has 1 aromatic heterocycles. The molecule has 3 atom stereocenters. The van der Waals surface area contributed by atoms with E-state index < -0.39 is 24.1 Å². The highest BCUT2D eigenvalue weighted by molar-refractivity contribution is 7.08. The monoisotopic (exact) mass is 382 g/mol. The third-order valence-electron chi connectivity index (χ3n) is 4.63. The van der Waals surface area contributed by atoms with Gasteiger partial charge in [-0.25, -0.2) is 4.79 Å². The molecule has 0 spiro atoms. The molecule has 1 fully saturated rings. The molecule has 0 radical (unpaired) electrons. The summed E-state index contributed by atoms with van der Waals surface area (Å²) in [6.07, 6.45) is 0.172. The van der Waals surface area contributed by atoms with Crippen LogP contribution in [0.2, 0.25) is 0 Å². The summed E-state index contributed by atoms with van der Waals surface area (Å²) in [5.41, 5.74) is -0.167. The van der Waals surface area contributed by atoms with E-state index in [0.29, 0.717) is 12.2 Å². The first kappa shape index (κ1) is 20.4. The number of Topliss-reactive ketones (excluding diaryl/α,β-unsaturated/α-hetero) is 1. The SMILES string of the molecule is CCC(C)(C)C[C@H](NC(=O)Oc1ccsc1)C(=O)N[C@@H]1C(=O)CO[C@H]1C. The zero-order valence-corrected chi connectivity index (χ0v) is 16.4. The largest absolute Gasteiger partial charge is 0.413 e. The number of carbonyl (C=O) groups excluding carboxylic acids is 3. The highest BCUT2D eigenvalue weighted by atomic mass is 32.1. The quantitative estimate of drug-likeness (QED) is 0.756. The number of ether oxygens (including phenoxy) is 2. The van der Waals surface area contributed by atoms with Gasteiger partial charge in [0.05, 0.1) is 6.10 Å². The van der Waals surface area contributed by atoms with Gasteiger partial charge in [-0.2, -0.15) is 0 Å². The summed E-state index contributed by atoms with van der Waals surface area (Å²) in [6.45, 7) is 7.79. The maximum Gasteiger partial charge on any atom is 0.413 e. The Bertz CT molecular complexity index is 644. The van der Waals surface area contributed by atoms with Crippen LogP contribution in [0.15, 0.2) is 16.8 Å². The fraction of sp³-hybridized carbons (Fsp3) is 0.611. The summed E-state index contributed by atoms with van der Waals surface area (Å²) in [6, 6.07) is 0.173. The number of ketones is 1. The Balaban J connectivity index is 2.05. The molecule has 26 heavy (non-hydrogen) atoms. The molecule has 2 amide bonds. The van der Waals surface area contributed by atoms with Crippen molar-refractivity contribution in [3.05, 3.63) is 16.8 Å². The number of nitrogens with one attached hydrogen (secondary N) is 2. The van der Waals surface area contributed by atoms with Crippen molar-refractivity contribution in [1.29, 1.82) is 0 Å². The second kappa shape index (κ2) is 8.64. The zero-order valence-electron chi connectivity index (χ0n) is 15.5. The zero-order chi connectivity index (χ0) is 19.3. The molecule has 0 unspecified atom stereocenters. The minimum absolute atomic E-state index is 0.00907. The molecule has 2 heterocycles. The first-order valence-electron chi connectivity index (χ1n) is 8.67. The van der Waals surface area contributed by atoms with Crippen molar-refractivity contribution in [2.45, 2.75) is 58.7 Å². The molecule has 0 aromatic carbocycles. The van der Waals surface area contributed by atoms with E-state index in [9.17, 15) is 14.4 Å². The Kier molecular flexibility index (Phi) is 6.77. The van der Waals surface area contributed by atoms with E-state index in [1.165, 1.54) is 11.3 Å². The van der Waals surface area contributed by atoms with Gasteiger partial charge in [-0.05, 0) is 30.2 Å². The minimum Gasteiger partial charge on any atom is -0.409 e. The van der Waals surface area contributed by atoms with Crippen LogP contribution in [0.3, 0.4) is 0 Å². The highest BCUT2D eigenvalue weighted by Gasteiger charge is 2.37. The summed E-state index contributed by atoms with van der Waals surface area (Å²) in [5, 5.41) is 8.82. The normalized spacial score (nSPS) is 21.3. The first-order valence-corrected chi connectivity index (χ1v) is 9.61. The van der Waals surface area contributed by atoms with Gasteiger partial charge in [0.15, 0.2) is 5.78 Å². The van der Waals surface area contributed by atoms with Gasteiger partial charge in [-0.15, -0.1) is 11.3 Å². The van der Waals surface area contributed by atoms with E-state index in [4.69, 9.17) is 9.47 Å². The van der Waals surface area contributed by atoms with Crippen LogP contribution < -0.4 is 15.4 Å². The Morgan fingerprint density at radius 2 is 2.19 bits per heavy atom. The molecule has 0 bridgehead atoms. The molecule has 1 saturated heterocycles. The van der Waals surface area contributed by atoms with Crippen molar-refractivity contribution in [2.75, 3.05) is 6.61 Å². The third kappa shape index (κ3) is 5.54. The first-order chi connectivity index (χ1) is 12.2. The van der Waals surface area contributed by atoms with Gasteiger partial charge in [0.2, 0.25) is 5.91 Å². The predicted molar refractivity (Wildman–Crippen MR) is 98.3 cm³/mol. The maximum absolute atomic E-state index is 12.7. The second-order valence-electron chi connectivity index (χ2n) is 7.24. The topological polar surface area (TPSA) is 93.7 Å². The average molecular weight is 382 g/mol. The molecule has 1 aromatic rings. The van der Waals surface area contributed by atoms with Crippen LogP contribution in [-0.2, 0) is 14.3 Å². The van der Waals surface area contributed by atoms with Gasteiger partial charge < -0.3 is 20.1 Å². The molecule has 2 N–H and O–H groups in total. The van der Waals surface area contributed by atoms with E-state index in [1.807, 2.05) is 20.8 Å². The van der Waals surface area contributed by atoms with Gasteiger partial charge in [0.25, 0.3) is 0 Å². The van der Waals surface area contributed by atoms with E-state index >= 15 is 0 Å². The van der Waals surface area contributed by atoms with E-state index in [0.717, 1.165) is 6.42 Å². The van der Waals surface area contributed by atoms with Crippen molar-refractivity contribution in [2.24, 2.45) is 5.41 Å². The van der Waals surface area contributed by atoms with Crippen molar-refractivity contribution in [3.8, 4) is 5.75 Å². The minimum atomic E-state index is -0.809. The number of hydrogen-bond acceptors (Lipinski definition) is 6. The number of hydrogen-bond donors (Lipinski definition) is 2. The Morgan fingerprint density at radius 1 is 1.46 bits per heavy atom. The van der Waals surface area contributed by atoms with E-state index in [1.54, 1.807) is 23.8 Å². The molecule has 1 aliphatic heterocycles. The summed E-state index contributed by atoms with van der Waals surface area (Å²) in [4.78, 5) is 36.8. The predicted octanol–water partition coefficient (Wildman–Crippen LogP) is 2.50. The number of amides is 2. The standard InChI is InChI=1S/C18H26N2O5S/c1-5-18(3,4)8-13(19-17(23)25-12-6-7-26-10-12)16(22)20-15-11(2)24-9-14(15)21/h6-7,10-11,13,15H,5,8-9H2,1-4H3,(H,19,23)(H,20,22)/t11-,13-,15-/m0/s1. The van der Waals surface area contributed by atoms with Crippen LogP contribution in [-0.4, -0.2) is 42.6 Å². The molecular formula is C18H26N2O5S. The fourth-order valence-electron chi connectivity index (χ4n) is 2.61. The Labute approximate surface area is 157 Å². The summed E-state index contributed by atoms with van der Waals surface area (Å²) in [5.74, 6) is -0.154. The van der Waals surface area contributed by atoms with Gasteiger partial charge in [0.1, 0.15) is 24.4 Å². The number of thiophene rings is 1. The van der Waals surface area contributed by atoms with Gasteiger partial charge in [-0.3, -0.25) is 9.59 Å². The van der Waals surface area contributed by atoms with E-state index in [2.05, 4.69) is 10.6 Å². The van der Waals surface area contributed by atoms with Gasteiger partial charge in [-0.1, -0.05) is 27.2 Å². The second-order valence-corrected chi connectivity index (χ2v) is 8.02. The lowest BCUT2D eigenvalue weighted by Gasteiger charge is -2.29. The lowest BCUT2D eigenvalue weighted by atomic mass is 9.83. The summed E-state index contributed by atoms with van der Waals surface area (Å²) < 4.78 is 10.4. The summed E-state index contributed by atoms with van der Waals surface area (Å²) >= 11 is 1.41. The third-order valence-corrected chi connectivity index (χ3v) is 5.29. The number of carbonyl (C=O) groups is 3. The molecular weight excluding hydrogens is 356 g/mol. The van der Waals surface area contributed by atoms with Crippen molar-refractivity contribution in [3.63, 3.8) is 0 Å². The van der Waals surface area contributed by atoms with E-state index in [-0.39, 0.29) is 23.9 Å². The van der Waals surface area contributed by atoms with Gasteiger partial charge in [0, 0.05) is 5.38 Å². The number of rotatable bonds is 7. The van der Waals surface area contributed by atoms with Crippen LogP contribution in [0.25, 0.3) is 0 Å². The summed E-state index contributed by atoms with van der Waals surface area (Å²) in [7, 11) is 0. The molecule has 144 valence electrons. The lowest BCUT2D eigenvalue weighted by molar-refractivity contribution is -0.128. The van der Waals surface area contributed by atoms with Crippen molar-refractivity contribution in [1.82, 2.24) is 10.6 Å². The van der Waals surface area contributed by atoms with Crippen molar-refractivity contribution < 1.29 is 23.9 Å². The Morgan fingerprint density at radius 3 is 2.73 bits per heavy atom. The lowest BCUT2D eigenvalue weighted by Crippen LogP contribution is -2.54. The smallest absolute Gasteiger partial charge is 0.409 e. The molecule has 7 nitrogen and oxygen atoms in total. The van der Waals surface area contributed by atoms with Crippen LogP contribution in [0.5, 0.6) is 5.75 Å². The van der Waals surface area contributed by atoms with Crippen LogP contribution >= 0.6 is 11.3 Å². The maximum atomic E-state index is 12.7. The average Bonchev–Trinajstić information content (AvgIpc) is 3.19. The Hall–Kier alpha value is -1.93. The van der Waals surface area contributed by atoms with Crippen LogP contribution in [0.1, 0.15) is 40.5 Å². The molecule has 2 rings (SSSR count). The van der Waals surface area contributed by atoms with Crippen LogP contribution in [0, 0.1) is 5.41 Å². The van der Waals surface area contributed by atoms with Crippen LogP contribution in [0.4, 0.5) is 4.79 Å². The van der Waals surface area contributed by atoms with Crippen molar-refractivity contribution >= 4 is 29.1 Å². The van der Waals surface area contributed by atoms with Gasteiger partial charge >= 0.3 is 6.09 Å². The molecule has 0 aliphatic carbocycles. The highest BCUT2D eigenvalue weighted by Crippen LogP contribution is 2.26. The fourth-order valence-corrected chi connectivity index (χ4v) is 3.16.